The van der Waals surface area contributed by atoms with Gasteiger partial charge >= 0.3 is 0 Å². The summed E-state index contributed by atoms with van der Waals surface area (Å²) >= 11 is 0. The molecule has 2 N–H and O–H groups in total. The number of piperidine rings is 2. The van der Waals surface area contributed by atoms with Crippen LogP contribution in [0.5, 0.6) is 5.75 Å². The van der Waals surface area contributed by atoms with Crippen molar-refractivity contribution in [2.45, 2.75) is 69.5 Å². The lowest BCUT2D eigenvalue weighted by molar-refractivity contribution is -0.136. The maximum atomic E-state index is 13.3. The Kier molecular flexibility index (Phi) is 8.18. The minimum absolute atomic E-state index is 0.110. The third kappa shape index (κ3) is 5.77. The molecule has 9 heteroatoms. The van der Waals surface area contributed by atoms with Gasteiger partial charge in [0.1, 0.15) is 11.8 Å². The summed E-state index contributed by atoms with van der Waals surface area (Å²) in [5, 5.41) is 12.5. The topological polar surface area (TPSA) is 110 Å². The van der Waals surface area contributed by atoms with Gasteiger partial charge in [0.25, 0.3) is 11.8 Å². The number of aryl methyl sites for hydroxylation is 1. The van der Waals surface area contributed by atoms with Gasteiger partial charge in [0.05, 0.1) is 11.1 Å². The van der Waals surface area contributed by atoms with Crippen molar-refractivity contribution < 1.29 is 24.3 Å². The van der Waals surface area contributed by atoms with Crippen molar-refractivity contribution in [3.8, 4) is 5.75 Å². The molecule has 4 aromatic carbocycles. The Morgan fingerprint density at radius 1 is 0.692 bits per heavy atom. The van der Waals surface area contributed by atoms with E-state index in [0.29, 0.717) is 28.7 Å². The van der Waals surface area contributed by atoms with Crippen LogP contribution in [-0.4, -0.2) is 64.2 Å². The zero-order valence-electron chi connectivity index (χ0n) is 29.1. The van der Waals surface area contributed by atoms with Crippen molar-refractivity contribution in [3.63, 3.8) is 0 Å². The van der Waals surface area contributed by atoms with Gasteiger partial charge in [-0.3, -0.25) is 34.3 Å². The molecule has 0 radical (unpaired) electrons. The molecule has 0 saturated carbocycles. The van der Waals surface area contributed by atoms with E-state index in [-0.39, 0.29) is 24.7 Å². The van der Waals surface area contributed by atoms with Crippen molar-refractivity contribution in [2.75, 3.05) is 24.5 Å². The summed E-state index contributed by atoms with van der Waals surface area (Å²) in [6, 6.07) is 28.6. The molecule has 1 unspecified atom stereocenters. The number of nitrogens with zero attached hydrogens (tertiary/aromatic N) is 3. The Hall–Kier alpha value is -5.28. The van der Waals surface area contributed by atoms with Gasteiger partial charge in [0.15, 0.2) is 0 Å². The van der Waals surface area contributed by atoms with Gasteiger partial charge in [-0.1, -0.05) is 48.5 Å². The van der Waals surface area contributed by atoms with E-state index in [1.54, 1.807) is 0 Å². The average Bonchev–Trinajstić information content (AvgIpc) is 3.66. The van der Waals surface area contributed by atoms with Crippen molar-refractivity contribution in [1.82, 2.24) is 15.1 Å². The molecule has 4 aromatic rings. The molecule has 2 fully saturated rings. The number of benzene rings is 4. The van der Waals surface area contributed by atoms with Gasteiger partial charge < -0.3 is 10.0 Å². The van der Waals surface area contributed by atoms with E-state index in [1.165, 1.54) is 27.9 Å². The van der Waals surface area contributed by atoms with Crippen LogP contribution in [0.2, 0.25) is 0 Å². The highest BCUT2D eigenvalue weighted by Crippen LogP contribution is 2.47. The number of carbonyl (C=O) groups excluding carboxylic acids is 4. The molecule has 2 saturated heterocycles. The molecule has 4 aliphatic heterocycles. The zero-order valence-corrected chi connectivity index (χ0v) is 29.1. The van der Waals surface area contributed by atoms with Crippen LogP contribution in [0.4, 0.5) is 5.69 Å². The van der Waals surface area contributed by atoms with E-state index in [0.717, 1.165) is 74.4 Å². The summed E-state index contributed by atoms with van der Waals surface area (Å²) in [7, 11) is 0. The zero-order chi connectivity index (χ0) is 35.5. The molecule has 0 bridgehead atoms. The van der Waals surface area contributed by atoms with Crippen LogP contribution in [0.25, 0.3) is 0 Å². The maximum absolute atomic E-state index is 13.3. The number of imide groups is 2. The number of fused-ring (bicyclic) bond motifs is 3. The predicted octanol–water partition coefficient (Wildman–Crippen LogP) is 5.89. The average molecular weight is 695 g/mol. The van der Waals surface area contributed by atoms with E-state index in [2.05, 4.69) is 75.8 Å². The summed E-state index contributed by atoms with van der Waals surface area (Å²) in [5.41, 5.74) is 9.33. The standard InChI is InChI=1S/C43H42N4O5/c48-33-11-13-35-29(20-33)8-12-34(27-4-2-1-3-5-27)40(35)28-6-9-32(10-7-28)46-18-16-26(17-19-46)23-45-24-30-21-36-37(22-31(30)25-45)43(52)47(42(36)51)38-14-15-39(49)44-41(38)50/h1-7,9-11,13,20-22,26,34,38,40,48H,8,12,14-19,23-25H2,(H,44,49,50)/t34-,38?,40+/m1/s1. The van der Waals surface area contributed by atoms with Gasteiger partial charge in [-0.25, -0.2) is 0 Å². The first-order valence-corrected chi connectivity index (χ1v) is 18.6. The highest BCUT2D eigenvalue weighted by molar-refractivity contribution is 6.23. The van der Waals surface area contributed by atoms with Crippen LogP contribution >= 0.6 is 0 Å². The van der Waals surface area contributed by atoms with Crippen LogP contribution in [0, 0.1) is 5.92 Å². The maximum Gasteiger partial charge on any atom is 0.262 e. The SMILES string of the molecule is O=C1CCC(N2C(=O)c3cc4c(cc3C2=O)CN(CC2CCN(c3ccc([C@@H]5c6ccc(O)cc6CC[C@@H]5c5ccccc5)cc3)CC2)C4)C(=O)N1. The summed E-state index contributed by atoms with van der Waals surface area (Å²) in [5.74, 6) is -0.350. The van der Waals surface area contributed by atoms with Crippen molar-refractivity contribution >= 4 is 29.3 Å². The van der Waals surface area contributed by atoms with Gasteiger partial charge in [0.2, 0.25) is 11.8 Å². The second-order valence-electron chi connectivity index (χ2n) is 15.2. The highest BCUT2D eigenvalue weighted by Gasteiger charge is 2.45. The fourth-order valence-electron chi connectivity index (χ4n) is 9.48. The number of rotatable bonds is 6. The number of aromatic hydroxyl groups is 1. The van der Waals surface area contributed by atoms with E-state index in [1.807, 2.05) is 24.3 Å². The quantitative estimate of drug-likeness (QED) is 0.243. The van der Waals surface area contributed by atoms with Crippen molar-refractivity contribution in [2.24, 2.45) is 5.92 Å². The lowest BCUT2D eigenvalue weighted by Gasteiger charge is -2.36. The fourth-order valence-corrected chi connectivity index (χ4v) is 9.48. The fraction of sp³-hybridized carbons (Fsp3) is 0.349. The van der Waals surface area contributed by atoms with E-state index < -0.39 is 23.8 Å². The largest absolute Gasteiger partial charge is 0.508 e. The van der Waals surface area contributed by atoms with E-state index in [9.17, 15) is 24.3 Å². The van der Waals surface area contributed by atoms with Crippen molar-refractivity contribution in [1.29, 1.82) is 0 Å². The number of phenols is 1. The highest BCUT2D eigenvalue weighted by atomic mass is 16.3. The molecule has 9 nitrogen and oxygen atoms in total. The van der Waals surface area contributed by atoms with Gasteiger partial charge in [0, 0.05) is 50.7 Å². The normalized spacial score (nSPS) is 23.4. The molecule has 3 atom stereocenters. The Labute approximate surface area is 303 Å². The molecule has 0 aromatic heterocycles. The van der Waals surface area contributed by atoms with Crippen LogP contribution in [-0.2, 0) is 29.1 Å². The summed E-state index contributed by atoms with van der Waals surface area (Å²) < 4.78 is 0. The Morgan fingerprint density at radius 3 is 2.06 bits per heavy atom. The lowest BCUT2D eigenvalue weighted by atomic mass is 9.69. The predicted molar refractivity (Wildman–Crippen MR) is 196 cm³/mol. The summed E-state index contributed by atoms with van der Waals surface area (Å²) in [6.07, 6.45) is 4.47. The smallest absolute Gasteiger partial charge is 0.262 e. The number of phenolic OH excluding ortho intramolecular Hbond substituents is 1. The molecule has 5 aliphatic rings. The molecule has 264 valence electrons. The first kappa shape index (κ1) is 32.6. The molecule has 4 heterocycles. The number of amides is 4. The third-order valence-electron chi connectivity index (χ3n) is 12.1. The molecule has 1 aliphatic carbocycles. The Balaban J connectivity index is 0.833. The first-order chi connectivity index (χ1) is 25.3. The number of anilines is 1. The summed E-state index contributed by atoms with van der Waals surface area (Å²) in [4.78, 5) is 56.7. The summed E-state index contributed by atoms with van der Waals surface area (Å²) in [6.45, 7) is 4.43. The molecule has 0 spiro atoms. The molecule has 52 heavy (non-hydrogen) atoms. The molecule has 4 amide bonds. The molecule has 9 rings (SSSR count). The van der Waals surface area contributed by atoms with Crippen LogP contribution < -0.4 is 10.2 Å². The number of nitrogens with one attached hydrogen (secondary N) is 1. The van der Waals surface area contributed by atoms with Gasteiger partial charge in [-0.2, -0.15) is 0 Å². The second kappa shape index (κ2) is 13.0. The Morgan fingerprint density at radius 2 is 1.38 bits per heavy atom. The molecular weight excluding hydrogens is 652 g/mol. The van der Waals surface area contributed by atoms with Crippen LogP contribution in [0.1, 0.15) is 98.0 Å². The molecular formula is C43H42N4O5. The minimum Gasteiger partial charge on any atom is -0.508 e. The van der Waals surface area contributed by atoms with Gasteiger partial charge in [-0.15, -0.1) is 0 Å². The van der Waals surface area contributed by atoms with Gasteiger partial charge in [-0.05, 0) is 114 Å². The number of hydrogen-bond acceptors (Lipinski definition) is 7. The second-order valence-corrected chi connectivity index (χ2v) is 15.2. The van der Waals surface area contributed by atoms with Crippen LogP contribution in [0.15, 0.2) is 84.9 Å². The number of hydrogen-bond donors (Lipinski definition) is 2. The first-order valence-electron chi connectivity index (χ1n) is 18.6. The lowest BCUT2D eigenvalue weighted by Crippen LogP contribution is -2.54. The van der Waals surface area contributed by atoms with Crippen LogP contribution in [0.3, 0.4) is 0 Å². The van der Waals surface area contributed by atoms with E-state index >= 15 is 0 Å². The minimum atomic E-state index is -0.946. The Bertz CT molecular complexity index is 2040. The third-order valence-corrected chi connectivity index (χ3v) is 12.1. The monoisotopic (exact) mass is 694 g/mol. The van der Waals surface area contributed by atoms with E-state index in [4.69, 9.17) is 0 Å². The number of carbonyl (C=O) groups is 4. The van der Waals surface area contributed by atoms with Crippen molar-refractivity contribution in [3.05, 3.63) is 129 Å².